The molecule has 0 N–H and O–H groups in total. The van der Waals surface area contributed by atoms with Gasteiger partial charge < -0.3 is 14.2 Å². The molecule has 0 unspecified atom stereocenters. The zero-order valence-electron chi connectivity index (χ0n) is 10.9. The second-order valence-electron chi connectivity index (χ2n) is 5.14. The highest BCUT2D eigenvalue weighted by Crippen LogP contribution is 2.57. The lowest BCUT2D eigenvalue weighted by Crippen LogP contribution is -2.59. The van der Waals surface area contributed by atoms with Crippen molar-refractivity contribution in [1.82, 2.24) is 0 Å². The molecule has 0 radical (unpaired) electrons. The van der Waals surface area contributed by atoms with E-state index >= 15 is 0 Å². The molecule has 1 saturated carbocycles. The molecule has 2 fully saturated rings. The Morgan fingerprint density at radius 3 is 2.89 bits per heavy atom. The number of hydrogen-bond acceptors (Lipinski definition) is 5. The van der Waals surface area contributed by atoms with Crippen molar-refractivity contribution in [2.24, 2.45) is 23.7 Å². The summed E-state index contributed by atoms with van der Waals surface area (Å²) in [5, 5.41) is 0. The van der Waals surface area contributed by atoms with Gasteiger partial charge in [0.2, 0.25) is 11.6 Å². The smallest absolute Gasteiger partial charge is 0.334 e. The fourth-order valence-corrected chi connectivity index (χ4v) is 3.72. The summed E-state index contributed by atoms with van der Waals surface area (Å²) in [4.78, 5) is 24.5. The molecule has 19 heavy (non-hydrogen) atoms. The minimum atomic E-state index is -1.22. The molecule has 3 aliphatic carbocycles. The fourth-order valence-electron chi connectivity index (χ4n) is 3.72. The first-order valence-corrected chi connectivity index (χ1v) is 6.26. The molecule has 4 aliphatic rings. The van der Waals surface area contributed by atoms with Gasteiger partial charge in [0.05, 0.1) is 19.6 Å². The molecule has 5 nitrogen and oxygen atoms in total. The van der Waals surface area contributed by atoms with Gasteiger partial charge in [-0.2, -0.15) is 0 Å². The molecule has 1 aliphatic heterocycles. The van der Waals surface area contributed by atoms with E-state index in [0.29, 0.717) is 12.2 Å². The van der Waals surface area contributed by atoms with Gasteiger partial charge in [0, 0.05) is 24.5 Å². The quantitative estimate of drug-likeness (QED) is 0.555. The van der Waals surface area contributed by atoms with Crippen LogP contribution in [0.4, 0.5) is 0 Å². The molecular weight excluding hydrogens is 248 g/mol. The Morgan fingerprint density at radius 1 is 1.58 bits per heavy atom. The normalized spacial score (nSPS) is 43.1. The van der Waals surface area contributed by atoms with Crippen molar-refractivity contribution in [2.75, 3.05) is 20.8 Å². The van der Waals surface area contributed by atoms with Gasteiger partial charge in [0.25, 0.3) is 0 Å². The summed E-state index contributed by atoms with van der Waals surface area (Å²) < 4.78 is 15.8. The third-order valence-electron chi connectivity index (χ3n) is 4.59. The van der Waals surface area contributed by atoms with Gasteiger partial charge in [-0.1, -0.05) is 12.2 Å². The van der Waals surface area contributed by atoms with E-state index in [2.05, 4.69) is 6.58 Å². The monoisotopic (exact) mass is 264 g/mol. The van der Waals surface area contributed by atoms with Gasteiger partial charge in [0.15, 0.2) is 0 Å². The summed E-state index contributed by atoms with van der Waals surface area (Å²) >= 11 is 0. The van der Waals surface area contributed by atoms with Crippen LogP contribution in [-0.4, -0.2) is 38.4 Å². The standard InChI is InChI=1S/C14H16O5/c1-4-7-9-6-19-14(18-3)10(9)5-8(13(16)17-2)11(7)12(14)15/h4-5,7,9-11H,1,6H2,2-3H3/t7-,9-,10+,11+,14-/m1/s1. The molecule has 0 aromatic rings. The van der Waals surface area contributed by atoms with Crippen molar-refractivity contribution < 1.29 is 23.8 Å². The third-order valence-corrected chi connectivity index (χ3v) is 4.59. The molecule has 4 rings (SSSR count). The van der Waals surface area contributed by atoms with Crippen LogP contribution in [0.15, 0.2) is 24.3 Å². The average molecular weight is 264 g/mol. The number of carbonyl (C=O) groups excluding carboxylic acids is 2. The molecule has 1 saturated heterocycles. The van der Waals surface area contributed by atoms with Crippen LogP contribution < -0.4 is 0 Å². The van der Waals surface area contributed by atoms with Crippen LogP contribution in [0, 0.1) is 23.7 Å². The van der Waals surface area contributed by atoms with Gasteiger partial charge in [0.1, 0.15) is 0 Å². The van der Waals surface area contributed by atoms with E-state index in [-0.39, 0.29) is 23.5 Å². The maximum absolute atomic E-state index is 12.7. The van der Waals surface area contributed by atoms with Crippen LogP contribution in [0.1, 0.15) is 0 Å². The van der Waals surface area contributed by atoms with E-state index in [4.69, 9.17) is 14.2 Å². The zero-order valence-corrected chi connectivity index (χ0v) is 10.9. The number of ether oxygens (including phenoxy) is 3. The van der Waals surface area contributed by atoms with Crippen molar-refractivity contribution in [3.05, 3.63) is 24.3 Å². The first-order valence-electron chi connectivity index (χ1n) is 6.26. The highest BCUT2D eigenvalue weighted by atomic mass is 16.7. The summed E-state index contributed by atoms with van der Waals surface area (Å²) in [7, 11) is 2.78. The van der Waals surface area contributed by atoms with Gasteiger partial charge in [-0.05, 0) is 5.92 Å². The summed E-state index contributed by atoms with van der Waals surface area (Å²) in [6.45, 7) is 4.24. The summed E-state index contributed by atoms with van der Waals surface area (Å²) in [6.07, 6.45) is 3.53. The number of hydrogen-bond donors (Lipinski definition) is 0. The average Bonchev–Trinajstić information content (AvgIpc) is 2.79. The summed E-state index contributed by atoms with van der Waals surface area (Å²) in [5.41, 5.74) is 0.414. The third kappa shape index (κ3) is 1.32. The predicted octanol–water partition coefficient (Wildman–Crippen LogP) is 0.706. The Hall–Kier alpha value is -1.46. The summed E-state index contributed by atoms with van der Waals surface area (Å²) in [5.74, 6) is -2.64. The molecule has 5 atom stereocenters. The van der Waals surface area contributed by atoms with Crippen LogP contribution in [0.3, 0.4) is 0 Å². The van der Waals surface area contributed by atoms with Crippen LogP contribution in [-0.2, 0) is 23.8 Å². The lowest BCUT2D eigenvalue weighted by Gasteiger charge is -2.47. The Balaban J connectivity index is 2.14. The van der Waals surface area contributed by atoms with Crippen LogP contribution in [0.5, 0.6) is 0 Å². The minimum absolute atomic E-state index is 0.0950. The molecular formula is C14H16O5. The molecule has 0 aromatic carbocycles. The Kier molecular flexibility index (Phi) is 2.66. The molecule has 0 aromatic heterocycles. The molecule has 4 bridgehead atoms. The maximum Gasteiger partial charge on any atom is 0.334 e. The highest BCUT2D eigenvalue weighted by Gasteiger charge is 2.68. The van der Waals surface area contributed by atoms with E-state index in [1.54, 1.807) is 12.2 Å². The number of allylic oxidation sites excluding steroid dienone is 1. The SMILES string of the molecule is C=C[C@H]1[C@@H]2C(=O)[C@]3(OC)OC[C@H]1[C@@H]3C=C2C(=O)OC. The molecule has 5 heteroatoms. The maximum atomic E-state index is 12.7. The minimum Gasteiger partial charge on any atom is -0.466 e. The molecule has 0 amide bonds. The van der Waals surface area contributed by atoms with E-state index in [0.717, 1.165) is 0 Å². The first kappa shape index (κ1) is 12.6. The van der Waals surface area contributed by atoms with Crippen molar-refractivity contribution in [3.8, 4) is 0 Å². The highest BCUT2D eigenvalue weighted by molar-refractivity contribution is 6.04. The van der Waals surface area contributed by atoms with Crippen molar-refractivity contribution in [1.29, 1.82) is 0 Å². The Morgan fingerprint density at radius 2 is 2.32 bits per heavy atom. The van der Waals surface area contributed by atoms with Crippen molar-refractivity contribution in [2.45, 2.75) is 5.79 Å². The van der Waals surface area contributed by atoms with Gasteiger partial charge in [-0.15, -0.1) is 6.58 Å². The Labute approximate surface area is 111 Å². The van der Waals surface area contributed by atoms with Crippen molar-refractivity contribution >= 4 is 11.8 Å². The largest absolute Gasteiger partial charge is 0.466 e. The summed E-state index contributed by atoms with van der Waals surface area (Å²) in [6, 6.07) is 0. The molecule has 1 heterocycles. The second kappa shape index (κ2) is 4.02. The van der Waals surface area contributed by atoms with Gasteiger partial charge in [-0.25, -0.2) is 4.79 Å². The van der Waals surface area contributed by atoms with E-state index in [9.17, 15) is 9.59 Å². The number of carbonyl (C=O) groups is 2. The Bertz CT molecular complexity index is 494. The number of ketones is 1. The first-order chi connectivity index (χ1) is 9.10. The van der Waals surface area contributed by atoms with Crippen LogP contribution in [0.25, 0.3) is 0 Å². The number of methoxy groups -OCH3 is 2. The van der Waals surface area contributed by atoms with Crippen molar-refractivity contribution in [3.63, 3.8) is 0 Å². The zero-order chi connectivity index (χ0) is 13.8. The van der Waals surface area contributed by atoms with E-state index in [1.807, 2.05) is 0 Å². The van der Waals surface area contributed by atoms with Crippen LogP contribution in [0.2, 0.25) is 0 Å². The molecule has 0 spiro atoms. The lowest BCUT2D eigenvalue weighted by atomic mass is 9.57. The fraction of sp³-hybridized carbons (Fsp3) is 0.571. The van der Waals surface area contributed by atoms with E-state index in [1.165, 1.54) is 14.2 Å². The topological polar surface area (TPSA) is 61.8 Å². The number of esters is 1. The second-order valence-corrected chi connectivity index (χ2v) is 5.14. The number of rotatable bonds is 3. The lowest BCUT2D eigenvalue weighted by molar-refractivity contribution is -0.217. The predicted molar refractivity (Wildman–Crippen MR) is 65.0 cm³/mol. The van der Waals surface area contributed by atoms with E-state index < -0.39 is 17.7 Å². The van der Waals surface area contributed by atoms with Gasteiger partial charge in [-0.3, -0.25) is 4.79 Å². The number of Topliss-reactive ketones (excluding diaryl/α,β-unsaturated/α-hetero) is 1. The molecule has 102 valence electrons. The van der Waals surface area contributed by atoms with Crippen LogP contribution >= 0.6 is 0 Å². The van der Waals surface area contributed by atoms with Gasteiger partial charge >= 0.3 is 5.97 Å².